The normalized spacial score (nSPS) is 12.0. The van der Waals surface area contributed by atoms with Crippen molar-refractivity contribution in [3.63, 3.8) is 0 Å². The van der Waals surface area contributed by atoms with Crippen molar-refractivity contribution in [3.05, 3.63) is 89.0 Å². The van der Waals surface area contributed by atoms with Crippen molar-refractivity contribution in [2.24, 2.45) is 0 Å². The Morgan fingerprint density at radius 3 is 2.48 bits per heavy atom. The van der Waals surface area contributed by atoms with Crippen LogP contribution in [0.4, 0.5) is 0 Å². The summed E-state index contributed by atoms with van der Waals surface area (Å²) in [4.78, 5) is 12.6. The maximum Gasteiger partial charge on any atom is 0.194 e. The summed E-state index contributed by atoms with van der Waals surface area (Å²) >= 11 is 0. The molecule has 0 heterocycles. The Bertz CT molecular complexity index is 895. The first kappa shape index (κ1) is 13.8. The fourth-order valence-electron chi connectivity index (χ4n) is 3.12. The highest BCUT2D eigenvalue weighted by atomic mass is 16.5. The van der Waals surface area contributed by atoms with Gasteiger partial charge < -0.3 is 4.74 Å². The number of benzene rings is 3. The highest BCUT2D eigenvalue weighted by Crippen LogP contribution is 2.40. The zero-order chi connectivity index (χ0) is 15.8. The lowest BCUT2D eigenvalue weighted by Crippen LogP contribution is -1.98. The molecule has 0 saturated heterocycles. The van der Waals surface area contributed by atoms with E-state index in [1.54, 1.807) is 0 Å². The second-order valence-corrected chi connectivity index (χ2v) is 5.81. The molecule has 0 saturated carbocycles. The summed E-state index contributed by atoms with van der Waals surface area (Å²) < 4.78 is 5.84. The molecule has 0 atom stereocenters. The van der Waals surface area contributed by atoms with Gasteiger partial charge in [-0.05, 0) is 47.4 Å². The van der Waals surface area contributed by atoms with Gasteiger partial charge in [-0.2, -0.15) is 0 Å². The van der Waals surface area contributed by atoms with Crippen molar-refractivity contribution in [3.8, 4) is 16.9 Å². The third-order valence-corrected chi connectivity index (χ3v) is 4.27. The second kappa shape index (κ2) is 5.40. The van der Waals surface area contributed by atoms with E-state index >= 15 is 0 Å². The first-order valence-electron chi connectivity index (χ1n) is 7.69. The summed E-state index contributed by atoms with van der Waals surface area (Å²) in [6, 6.07) is 21.7. The van der Waals surface area contributed by atoms with E-state index in [0.29, 0.717) is 6.61 Å². The number of hydrogen-bond donors (Lipinski definition) is 0. The van der Waals surface area contributed by atoms with E-state index in [1.165, 1.54) is 0 Å². The van der Waals surface area contributed by atoms with Gasteiger partial charge in [0.15, 0.2) is 5.78 Å². The lowest BCUT2D eigenvalue weighted by Gasteiger charge is -2.08. The predicted octanol–water partition coefficient (Wildman–Crippen LogP) is 4.79. The van der Waals surface area contributed by atoms with Crippen LogP contribution in [0.2, 0.25) is 0 Å². The molecule has 0 aromatic heterocycles. The fourth-order valence-corrected chi connectivity index (χ4v) is 3.12. The Hall–Kier alpha value is -2.87. The van der Waals surface area contributed by atoms with Crippen molar-refractivity contribution < 1.29 is 9.53 Å². The predicted molar refractivity (Wildman–Crippen MR) is 90.8 cm³/mol. The summed E-state index contributed by atoms with van der Waals surface area (Å²) in [5.41, 5.74) is 5.84. The van der Waals surface area contributed by atoms with E-state index in [1.807, 2.05) is 73.7 Å². The Labute approximate surface area is 135 Å². The zero-order valence-corrected chi connectivity index (χ0v) is 12.9. The van der Waals surface area contributed by atoms with E-state index in [2.05, 4.69) is 0 Å². The average Bonchev–Trinajstić information content (AvgIpc) is 2.88. The summed E-state index contributed by atoms with van der Waals surface area (Å²) in [5, 5.41) is 0. The molecule has 0 radical (unpaired) electrons. The van der Waals surface area contributed by atoms with Gasteiger partial charge in [0.1, 0.15) is 12.4 Å². The van der Waals surface area contributed by atoms with Gasteiger partial charge in [-0.1, -0.05) is 48.5 Å². The molecule has 0 aliphatic heterocycles. The standard InChI is InChI=1S/C21H16O2/c1-14-6-5-9-18-20(14)17-11-10-16(12-19(17)21(18)22)23-13-15-7-3-2-4-8-15/h2-12H,13H2,1H3. The number of hydrogen-bond acceptors (Lipinski definition) is 2. The van der Waals surface area contributed by atoms with Crippen molar-refractivity contribution in [2.75, 3.05) is 0 Å². The van der Waals surface area contributed by atoms with Crippen LogP contribution in [0.5, 0.6) is 5.75 Å². The maximum absolute atomic E-state index is 12.6. The van der Waals surface area contributed by atoms with Crippen molar-refractivity contribution in [1.82, 2.24) is 0 Å². The first-order valence-corrected chi connectivity index (χ1v) is 7.69. The van der Waals surface area contributed by atoms with Crippen LogP contribution >= 0.6 is 0 Å². The van der Waals surface area contributed by atoms with Gasteiger partial charge in [0.05, 0.1) is 0 Å². The number of rotatable bonds is 3. The van der Waals surface area contributed by atoms with Crippen LogP contribution in [0.1, 0.15) is 27.0 Å². The molecule has 23 heavy (non-hydrogen) atoms. The Morgan fingerprint density at radius 2 is 1.65 bits per heavy atom. The zero-order valence-electron chi connectivity index (χ0n) is 12.9. The third-order valence-electron chi connectivity index (χ3n) is 4.27. The average molecular weight is 300 g/mol. The molecule has 0 fully saturated rings. The topological polar surface area (TPSA) is 26.3 Å². The van der Waals surface area contributed by atoms with Crippen molar-refractivity contribution in [2.45, 2.75) is 13.5 Å². The number of aryl methyl sites for hydroxylation is 1. The molecular formula is C21H16O2. The van der Waals surface area contributed by atoms with Crippen LogP contribution in [0.15, 0.2) is 66.7 Å². The van der Waals surface area contributed by atoms with Gasteiger partial charge in [0.25, 0.3) is 0 Å². The van der Waals surface area contributed by atoms with Crippen LogP contribution in [0.3, 0.4) is 0 Å². The first-order chi connectivity index (χ1) is 11.2. The van der Waals surface area contributed by atoms with Gasteiger partial charge in [0, 0.05) is 11.1 Å². The van der Waals surface area contributed by atoms with Crippen LogP contribution in [-0.2, 0) is 6.61 Å². The van der Waals surface area contributed by atoms with E-state index in [-0.39, 0.29) is 5.78 Å². The highest BCUT2D eigenvalue weighted by molar-refractivity contribution is 6.22. The van der Waals surface area contributed by atoms with Gasteiger partial charge in [0.2, 0.25) is 0 Å². The molecular weight excluding hydrogens is 284 g/mol. The van der Waals surface area contributed by atoms with Gasteiger partial charge in [-0.25, -0.2) is 0 Å². The SMILES string of the molecule is Cc1cccc2c1-c1ccc(OCc3ccccc3)cc1C2=O. The molecule has 0 bridgehead atoms. The number of ketones is 1. The molecule has 1 aliphatic carbocycles. The van der Waals surface area contributed by atoms with E-state index < -0.39 is 0 Å². The smallest absolute Gasteiger partial charge is 0.194 e. The van der Waals surface area contributed by atoms with Gasteiger partial charge >= 0.3 is 0 Å². The quantitative estimate of drug-likeness (QED) is 0.544. The summed E-state index contributed by atoms with van der Waals surface area (Å²) in [6.45, 7) is 2.54. The summed E-state index contributed by atoms with van der Waals surface area (Å²) in [7, 11) is 0. The lowest BCUT2D eigenvalue weighted by molar-refractivity contribution is 0.104. The monoisotopic (exact) mass is 300 g/mol. The molecule has 2 nitrogen and oxygen atoms in total. The summed E-state index contributed by atoms with van der Waals surface area (Å²) in [6.07, 6.45) is 0. The van der Waals surface area contributed by atoms with E-state index in [9.17, 15) is 4.79 Å². The molecule has 0 N–H and O–H groups in total. The number of carbonyl (C=O) groups is 1. The molecule has 1 aliphatic rings. The number of fused-ring (bicyclic) bond motifs is 3. The van der Waals surface area contributed by atoms with E-state index in [4.69, 9.17) is 4.74 Å². The molecule has 0 unspecified atom stereocenters. The van der Waals surface area contributed by atoms with Crippen LogP contribution in [0.25, 0.3) is 11.1 Å². The molecule has 112 valence electrons. The largest absolute Gasteiger partial charge is 0.489 e. The Morgan fingerprint density at radius 1 is 0.826 bits per heavy atom. The maximum atomic E-state index is 12.6. The number of carbonyl (C=O) groups excluding carboxylic acids is 1. The molecule has 0 amide bonds. The Balaban J connectivity index is 1.65. The van der Waals surface area contributed by atoms with Crippen LogP contribution in [-0.4, -0.2) is 5.78 Å². The van der Waals surface area contributed by atoms with Crippen molar-refractivity contribution in [1.29, 1.82) is 0 Å². The van der Waals surface area contributed by atoms with Crippen LogP contribution in [0, 0.1) is 6.92 Å². The van der Waals surface area contributed by atoms with Crippen LogP contribution < -0.4 is 4.74 Å². The molecule has 2 heteroatoms. The Kier molecular flexibility index (Phi) is 3.23. The molecule has 3 aromatic rings. The minimum Gasteiger partial charge on any atom is -0.489 e. The minimum atomic E-state index is 0.0869. The summed E-state index contributed by atoms with van der Waals surface area (Å²) in [5.74, 6) is 0.815. The van der Waals surface area contributed by atoms with Gasteiger partial charge in [-0.3, -0.25) is 4.79 Å². The highest BCUT2D eigenvalue weighted by Gasteiger charge is 2.28. The van der Waals surface area contributed by atoms with E-state index in [0.717, 1.165) is 39.1 Å². The van der Waals surface area contributed by atoms with Gasteiger partial charge in [-0.15, -0.1) is 0 Å². The molecule has 3 aromatic carbocycles. The second-order valence-electron chi connectivity index (χ2n) is 5.81. The lowest BCUT2D eigenvalue weighted by atomic mass is 10.0. The molecule has 0 spiro atoms. The minimum absolute atomic E-state index is 0.0869. The molecule has 4 rings (SSSR count). The third kappa shape index (κ3) is 2.33. The fraction of sp³-hybridized carbons (Fsp3) is 0.0952. The van der Waals surface area contributed by atoms with Crippen molar-refractivity contribution >= 4 is 5.78 Å². The number of ether oxygens (including phenoxy) is 1.